The number of carbonyl (C=O) groups is 2. The summed E-state index contributed by atoms with van der Waals surface area (Å²) < 4.78 is 23.3. The molecule has 0 aliphatic heterocycles. The number of hydrogen-bond acceptors (Lipinski definition) is 6. The molecule has 0 saturated carbocycles. The fraction of sp³-hybridized carbons (Fsp3) is 0.211. The summed E-state index contributed by atoms with van der Waals surface area (Å²) in [4.78, 5) is 31.4. The molecular weight excluding hydrogens is 371 g/mol. The highest BCUT2D eigenvalue weighted by Crippen LogP contribution is 2.27. The Hall–Kier alpha value is -2.87. The number of esters is 1. The van der Waals surface area contributed by atoms with Gasteiger partial charge < -0.3 is 14.1 Å². The molecule has 0 spiro atoms. The molecule has 1 N–H and O–H groups in total. The number of Topliss-reactive ketones (excluding diaryl/α,β-unsaturated/α-hetero) is 1. The first-order valence-electron chi connectivity index (χ1n) is 8.06. The number of ether oxygens (including phenoxy) is 1. The minimum absolute atomic E-state index is 0.0881. The number of methoxy groups -OCH3 is 1. The van der Waals surface area contributed by atoms with E-state index < -0.39 is 5.97 Å². The van der Waals surface area contributed by atoms with Crippen LogP contribution in [0, 0.1) is 19.7 Å². The minimum Gasteiger partial charge on any atom is -0.465 e. The molecule has 0 aliphatic rings. The van der Waals surface area contributed by atoms with E-state index in [0.717, 1.165) is 11.8 Å². The van der Waals surface area contributed by atoms with Crippen LogP contribution in [0.5, 0.6) is 0 Å². The summed E-state index contributed by atoms with van der Waals surface area (Å²) in [6, 6.07) is 5.86. The number of rotatable bonds is 6. The molecule has 0 bridgehead atoms. The van der Waals surface area contributed by atoms with Crippen LogP contribution >= 0.6 is 11.8 Å². The molecule has 0 atom stereocenters. The Morgan fingerprint density at radius 1 is 1.26 bits per heavy atom. The summed E-state index contributed by atoms with van der Waals surface area (Å²) in [7, 11) is 1.30. The van der Waals surface area contributed by atoms with Gasteiger partial charge >= 0.3 is 5.97 Å². The number of carbonyl (C=O) groups excluding carboxylic acids is 2. The quantitative estimate of drug-likeness (QED) is 0.387. The van der Waals surface area contributed by atoms with Crippen molar-refractivity contribution in [3.8, 4) is 11.3 Å². The van der Waals surface area contributed by atoms with Gasteiger partial charge in [-0.1, -0.05) is 11.8 Å². The zero-order valence-corrected chi connectivity index (χ0v) is 15.8. The van der Waals surface area contributed by atoms with Crippen molar-refractivity contribution in [3.05, 3.63) is 58.8 Å². The largest absolute Gasteiger partial charge is 0.465 e. The third-order valence-electron chi connectivity index (χ3n) is 4.05. The smallest absolute Gasteiger partial charge is 0.339 e. The number of halogens is 1. The molecule has 0 radical (unpaired) electrons. The standard InChI is InChI=1S/C19H17FN2O4S/c1-10-16(18(24)25-3)11(2)22-17(10)14(23)9-27-19-21-8-15(26-19)12-4-6-13(20)7-5-12/h4-8,22H,9H2,1-3H3. The molecule has 1 aromatic carbocycles. The maximum Gasteiger partial charge on any atom is 0.339 e. The lowest BCUT2D eigenvalue weighted by Crippen LogP contribution is -2.07. The molecular formula is C19H17FN2O4S. The second kappa shape index (κ2) is 7.79. The molecule has 3 aromatic rings. The highest BCUT2D eigenvalue weighted by molar-refractivity contribution is 7.99. The van der Waals surface area contributed by atoms with Gasteiger partial charge in [0.1, 0.15) is 5.82 Å². The maximum absolute atomic E-state index is 13.0. The van der Waals surface area contributed by atoms with Gasteiger partial charge in [-0.2, -0.15) is 0 Å². The highest BCUT2D eigenvalue weighted by atomic mass is 32.2. The monoisotopic (exact) mass is 388 g/mol. The summed E-state index contributed by atoms with van der Waals surface area (Å²) in [5.41, 5.74) is 2.58. The van der Waals surface area contributed by atoms with E-state index in [4.69, 9.17) is 9.15 Å². The van der Waals surface area contributed by atoms with E-state index in [1.807, 2.05) is 0 Å². The Morgan fingerprint density at radius 3 is 2.63 bits per heavy atom. The Kier molecular flexibility index (Phi) is 5.46. The van der Waals surface area contributed by atoms with E-state index in [9.17, 15) is 14.0 Å². The fourth-order valence-electron chi connectivity index (χ4n) is 2.71. The van der Waals surface area contributed by atoms with E-state index in [-0.39, 0.29) is 17.4 Å². The maximum atomic E-state index is 13.0. The van der Waals surface area contributed by atoms with Crippen LogP contribution in [-0.2, 0) is 4.74 Å². The van der Waals surface area contributed by atoms with Crippen LogP contribution < -0.4 is 0 Å². The van der Waals surface area contributed by atoms with Crippen molar-refractivity contribution in [2.45, 2.75) is 19.1 Å². The van der Waals surface area contributed by atoms with Gasteiger partial charge in [0.15, 0.2) is 11.5 Å². The van der Waals surface area contributed by atoms with Gasteiger partial charge in [0.2, 0.25) is 0 Å². The van der Waals surface area contributed by atoms with E-state index in [0.29, 0.717) is 39.1 Å². The van der Waals surface area contributed by atoms with Crippen LogP contribution in [0.4, 0.5) is 4.39 Å². The second-order valence-corrected chi connectivity index (χ2v) is 6.75. The Morgan fingerprint density at radius 2 is 1.96 bits per heavy atom. The highest BCUT2D eigenvalue weighted by Gasteiger charge is 2.22. The number of hydrogen-bond donors (Lipinski definition) is 1. The molecule has 0 aliphatic carbocycles. The zero-order chi connectivity index (χ0) is 19.6. The number of H-pyrrole nitrogens is 1. The first-order valence-corrected chi connectivity index (χ1v) is 9.04. The summed E-state index contributed by atoms with van der Waals surface area (Å²) >= 11 is 1.14. The third-order valence-corrected chi connectivity index (χ3v) is 4.89. The van der Waals surface area contributed by atoms with Crippen molar-refractivity contribution >= 4 is 23.5 Å². The summed E-state index contributed by atoms with van der Waals surface area (Å²) in [5, 5.41) is 0.330. The van der Waals surface area contributed by atoms with Gasteiger partial charge in [0.25, 0.3) is 5.22 Å². The molecule has 0 amide bonds. The number of aryl methyl sites for hydroxylation is 1. The Labute approximate surface area is 159 Å². The van der Waals surface area contributed by atoms with Gasteiger partial charge in [-0.05, 0) is 43.7 Å². The average Bonchev–Trinajstić information content (AvgIpc) is 3.24. The van der Waals surface area contributed by atoms with Crippen molar-refractivity contribution < 1.29 is 23.1 Å². The van der Waals surface area contributed by atoms with Crippen LogP contribution in [0.1, 0.15) is 32.1 Å². The van der Waals surface area contributed by atoms with Gasteiger partial charge in [0.05, 0.1) is 30.3 Å². The van der Waals surface area contributed by atoms with Crippen LogP contribution in [0.2, 0.25) is 0 Å². The number of aromatic amines is 1. The first-order chi connectivity index (χ1) is 12.9. The number of nitrogens with zero attached hydrogens (tertiary/aromatic N) is 1. The molecule has 0 unspecified atom stereocenters. The molecule has 2 aromatic heterocycles. The van der Waals surface area contributed by atoms with Crippen molar-refractivity contribution in [3.63, 3.8) is 0 Å². The van der Waals surface area contributed by atoms with Gasteiger partial charge in [-0.15, -0.1) is 0 Å². The molecule has 2 heterocycles. The molecule has 140 valence electrons. The van der Waals surface area contributed by atoms with Crippen molar-refractivity contribution in [1.82, 2.24) is 9.97 Å². The average molecular weight is 388 g/mol. The molecule has 8 heteroatoms. The lowest BCUT2D eigenvalue weighted by Gasteiger charge is -2.00. The summed E-state index contributed by atoms with van der Waals surface area (Å²) in [5.74, 6) is -0.418. The SMILES string of the molecule is COC(=O)c1c(C)[nH]c(C(=O)CSc2ncc(-c3ccc(F)cc3)o2)c1C. The zero-order valence-electron chi connectivity index (χ0n) is 15.0. The van der Waals surface area contributed by atoms with E-state index in [1.165, 1.54) is 25.4 Å². The summed E-state index contributed by atoms with van der Waals surface area (Å²) in [6.45, 7) is 3.41. The minimum atomic E-state index is -0.482. The van der Waals surface area contributed by atoms with E-state index in [1.54, 1.807) is 26.0 Å². The van der Waals surface area contributed by atoms with Crippen LogP contribution in [0.3, 0.4) is 0 Å². The third kappa shape index (κ3) is 3.95. The van der Waals surface area contributed by atoms with Crippen LogP contribution in [0.15, 0.2) is 40.1 Å². The molecule has 6 nitrogen and oxygen atoms in total. The van der Waals surface area contributed by atoms with Crippen molar-refractivity contribution in [2.75, 3.05) is 12.9 Å². The van der Waals surface area contributed by atoms with Gasteiger partial charge in [0, 0.05) is 11.3 Å². The molecule has 0 saturated heterocycles. The van der Waals surface area contributed by atoms with E-state index in [2.05, 4.69) is 9.97 Å². The molecule has 0 fully saturated rings. The topological polar surface area (TPSA) is 85.2 Å². The lowest BCUT2D eigenvalue weighted by molar-refractivity contribution is 0.0599. The Balaban J connectivity index is 1.70. The van der Waals surface area contributed by atoms with Crippen molar-refractivity contribution in [2.24, 2.45) is 0 Å². The second-order valence-electron chi connectivity index (χ2n) is 5.83. The predicted octanol–water partition coefficient (Wildman–Crippen LogP) is 4.19. The van der Waals surface area contributed by atoms with E-state index >= 15 is 0 Å². The number of nitrogens with one attached hydrogen (secondary N) is 1. The fourth-order valence-corrected chi connectivity index (χ4v) is 3.38. The predicted molar refractivity (Wildman–Crippen MR) is 98.6 cm³/mol. The number of oxazole rings is 1. The Bertz CT molecular complexity index is 992. The summed E-state index contributed by atoms with van der Waals surface area (Å²) in [6.07, 6.45) is 1.53. The number of thioether (sulfide) groups is 1. The van der Waals surface area contributed by atoms with Gasteiger partial charge in [-0.25, -0.2) is 14.2 Å². The van der Waals surface area contributed by atoms with Gasteiger partial charge in [-0.3, -0.25) is 4.79 Å². The first kappa shape index (κ1) is 18.9. The van der Waals surface area contributed by atoms with Crippen LogP contribution in [0.25, 0.3) is 11.3 Å². The number of benzene rings is 1. The molecule has 27 heavy (non-hydrogen) atoms. The number of ketones is 1. The molecule has 3 rings (SSSR count). The normalized spacial score (nSPS) is 10.8. The lowest BCUT2D eigenvalue weighted by atomic mass is 10.1. The number of aromatic nitrogens is 2. The van der Waals surface area contributed by atoms with Crippen LogP contribution in [-0.4, -0.2) is 34.6 Å². The van der Waals surface area contributed by atoms with Crippen molar-refractivity contribution in [1.29, 1.82) is 0 Å².